The van der Waals surface area contributed by atoms with Crippen LogP contribution in [-0.4, -0.2) is 31.2 Å². The van der Waals surface area contributed by atoms with Crippen LogP contribution in [0.4, 0.5) is 5.88 Å². The summed E-state index contributed by atoms with van der Waals surface area (Å²) in [5.41, 5.74) is 5.86. The molecule has 0 aliphatic rings. The third-order valence-electron chi connectivity index (χ3n) is 4.20. The summed E-state index contributed by atoms with van der Waals surface area (Å²) in [7, 11) is 1.86. The number of nitrogens with zero attached hydrogens (tertiary/aromatic N) is 5. The van der Waals surface area contributed by atoms with E-state index in [1.54, 1.807) is 11.4 Å². The first-order valence-electron chi connectivity index (χ1n) is 7.97. The van der Waals surface area contributed by atoms with Crippen molar-refractivity contribution in [3.63, 3.8) is 0 Å². The number of nitro groups is 1. The number of carbonyl (C=O) groups excluding carboxylic acids is 1. The quantitative estimate of drug-likeness (QED) is 0.338. The topological polar surface area (TPSA) is 120 Å². The summed E-state index contributed by atoms with van der Waals surface area (Å²) < 4.78 is 8.56. The highest BCUT2D eigenvalue weighted by Gasteiger charge is 2.22. The van der Waals surface area contributed by atoms with E-state index in [4.69, 9.17) is 4.42 Å². The molecule has 0 aliphatic heterocycles. The molecule has 3 heterocycles. The number of hydrogen-bond donors (Lipinski definition) is 1. The average molecular weight is 366 g/mol. The summed E-state index contributed by atoms with van der Waals surface area (Å²) in [5, 5.41) is 18.9. The molecule has 0 saturated carbocycles. The van der Waals surface area contributed by atoms with Gasteiger partial charge in [0.25, 0.3) is 5.91 Å². The summed E-state index contributed by atoms with van der Waals surface area (Å²) >= 11 is 0. The zero-order valence-electron chi connectivity index (χ0n) is 14.4. The number of para-hydroxylation sites is 2. The first-order chi connectivity index (χ1) is 13.0. The van der Waals surface area contributed by atoms with E-state index in [1.165, 1.54) is 18.3 Å². The molecule has 136 valence electrons. The molecule has 0 radical (unpaired) electrons. The van der Waals surface area contributed by atoms with Gasteiger partial charge in [0.05, 0.1) is 29.0 Å². The molecule has 10 nitrogen and oxygen atoms in total. The number of hydrazone groups is 1. The van der Waals surface area contributed by atoms with Gasteiger partial charge < -0.3 is 8.98 Å². The molecule has 0 bridgehead atoms. The van der Waals surface area contributed by atoms with Crippen LogP contribution in [0.5, 0.6) is 0 Å². The Kier molecular flexibility index (Phi) is 3.73. The maximum atomic E-state index is 12.6. The smallest absolute Gasteiger partial charge is 0.400 e. The largest absolute Gasteiger partial charge is 0.433 e. The van der Waals surface area contributed by atoms with Crippen LogP contribution in [0.1, 0.15) is 21.8 Å². The van der Waals surface area contributed by atoms with Crippen molar-refractivity contribution in [2.75, 3.05) is 0 Å². The molecule has 0 atom stereocenters. The van der Waals surface area contributed by atoms with Gasteiger partial charge in [-0.25, -0.2) is 9.94 Å². The Bertz CT molecular complexity index is 1230. The zero-order valence-corrected chi connectivity index (χ0v) is 14.4. The number of rotatable bonds is 4. The number of carbonyl (C=O) groups is 1. The van der Waals surface area contributed by atoms with Gasteiger partial charge in [-0.05, 0) is 25.1 Å². The maximum Gasteiger partial charge on any atom is 0.433 e. The van der Waals surface area contributed by atoms with Crippen LogP contribution in [0.2, 0.25) is 0 Å². The Hall–Kier alpha value is -3.95. The van der Waals surface area contributed by atoms with Crippen LogP contribution in [0.25, 0.3) is 16.7 Å². The molecule has 1 amide bonds. The van der Waals surface area contributed by atoms with Gasteiger partial charge in [-0.3, -0.25) is 14.9 Å². The van der Waals surface area contributed by atoms with Crippen molar-refractivity contribution in [1.29, 1.82) is 0 Å². The molecule has 0 fully saturated rings. The molecular formula is C17H14N6O4. The lowest BCUT2D eigenvalue weighted by atomic mass is 10.2. The van der Waals surface area contributed by atoms with E-state index >= 15 is 0 Å². The number of amides is 1. The van der Waals surface area contributed by atoms with Crippen molar-refractivity contribution < 1.29 is 14.1 Å². The summed E-state index contributed by atoms with van der Waals surface area (Å²) in [6.07, 6.45) is 1.20. The zero-order chi connectivity index (χ0) is 19.1. The van der Waals surface area contributed by atoms with Crippen molar-refractivity contribution >= 4 is 34.7 Å². The number of hydrogen-bond acceptors (Lipinski definition) is 6. The van der Waals surface area contributed by atoms with E-state index < -0.39 is 16.7 Å². The summed E-state index contributed by atoms with van der Waals surface area (Å²) in [4.78, 5) is 22.6. The first kappa shape index (κ1) is 16.5. The fourth-order valence-corrected chi connectivity index (χ4v) is 3.02. The second-order valence-electron chi connectivity index (χ2n) is 5.88. The number of aromatic nitrogens is 3. The van der Waals surface area contributed by atoms with Crippen molar-refractivity contribution in [3.05, 3.63) is 63.5 Å². The molecule has 0 unspecified atom stereocenters. The maximum absolute atomic E-state index is 12.6. The van der Waals surface area contributed by atoms with E-state index in [9.17, 15) is 14.9 Å². The van der Waals surface area contributed by atoms with Crippen molar-refractivity contribution in [3.8, 4) is 0 Å². The van der Waals surface area contributed by atoms with Crippen molar-refractivity contribution in [2.45, 2.75) is 6.92 Å². The molecule has 27 heavy (non-hydrogen) atoms. The molecule has 4 rings (SSSR count). The minimum atomic E-state index is -0.650. The van der Waals surface area contributed by atoms with E-state index in [1.807, 2.05) is 35.9 Å². The van der Waals surface area contributed by atoms with Gasteiger partial charge in [0.1, 0.15) is 16.1 Å². The van der Waals surface area contributed by atoms with Gasteiger partial charge >= 0.3 is 5.88 Å². The lowest BCUT2D eigenvalue weighted by molar-refractivity contribution is -0.402. The lowest BCUT2D eigenvalue weighted by Gasteiger charge is -2.01. The number of aryl methyl sites for hydroxylation is 2. The predicted molar refractivity (Wildman–Crippen MR) is 96.8 cm³/mol. The molecule has 10 heteroatoms. The highest BCUT2D eigenvalue weighted by Crippen LogP contribution is 2.24. The first-order valence-corrected chi connectivity index (χ1v) is 7.97. The van der Waals surface area contributed by atoms with E-state index in [0.717, 1.165) is 11.0 Å². The van der Waals surface area contributed by atoms with Crippen molar-refractivity contribution in [1.82, 2.24) is 19.6 Å². The Balaban J connectivity index is 1.65. The SMILES string of the molecule is Cc1nn2c3ccccc3n(C)c2c1C(=O)N/N=C/c1ccc([N+](=O)[O-])o1. The second-order valence-corrected chi connectivity index (χ2v) is 5.88. The van der Waals surface area contributed by atoms with E-state index in [2.05, 4.69) is 15.6 Å². The Morgan fingerprint density at radius 3 is 2.74 bits per heavy atom. The molecule has 1 N–H and O–H groups in total. The second kappa shape index (κ2) is 6.09. The number of fused-ring (bicyclic) bond motifs is 3. The summed E-state index contributed by atoms with van der Waals surface area (Å²) in [5.74, 6) is -0.679. The molecule has 0 saturated heterocycles. The molecular weight excluding hydrogens is 352 g/mol. The highest BCUT2D eigenvalue weighted by atomic mass is 16.6. The van der Waals surface area contributed by atoms with Crippen LogP contribution in [-0.2, 0) is 7.05 Å². The molecule has 0 spiro atoms. The molecule has 4 aromatic rings. The fraction of sp³-hybridized carbons (Fsp3) is 0.118. The normalized spacial score (nSPS) is 11.6. The Morgan fingerprint density at radius 2 is 2.04 bits per heavy atom. The van der Waals surface area contributed by atoms with Crippen LogP contribution in [0.3, 0.4) is 0 Å². The standard InChI is InChI=1S/C17H14N6O4/c1-10-15(16(24)19-18-9-11-7-8-14(27-11)23(25)26)17-21(2)12-5-3-4-6-13(12)22(17)20-10/h3-9H,1-2H3,(H,19,24)/b18-9+. The third kappa shape index (κ3) is 2.63. The summed E-state index contributed by atoms with van der Waals surface area (Å²) in [6.45, 7) is 1.75. The van der Waals surface area contributed by atoms with Gasteiger partial charge in [-0.2, -0.15) is 10.2 Å². The van der Waals surface area contributed by atoms with Gasteiger partial charge in [-0.15, -0.1) is 0 Å². The van der Waals surface area contributed by atoms with E-state index in [0.29, 0.717) is 16.9 Å². The van der Waals surface area contributed by atoms with Crippen LogP contribution in [0, 0.1) is 17.0 Å². The van der Waals surface area contributed by atoms with Crippen LogP contribution < -0.4 is 5.43 Å². The van der Waals surface area contributed by atoms with Gasteiger partial charge in [0, 0.05) is 7.05 Å². The van der Waals surface area contributed by atoms with Gasteiger partial charge in [0.15, 0.2) is 5.76 Å². The monoisotopic (exact) mass is 366 g/mol. The molecule has 1 aromatic carbocycles. The number of nitrogens with one attached hydrogen (secondary N) is 1. The number of furan rings is 1. The summed E-state index contributed by atoms with van der Waals surface area (Å²) in [6, 6.07) is 10.3. The van der Waals surface area contributed by atoms with Gasteiger partial charge in [-0.1, -0.05) is 12.1 Å². The van der Waals surface area contributed by atoms with Gasteiger partial charge in [0.2, 0.25) is 0 Å². The van der Waals surface area contributed by atoms with Crippen LogP contribution in [0.15, 0.2) is 45.9 Å². The minimum Gasteiger partial charge on any atom is -0.400 e. The number of imidazole rings is 1. The Morgan fingerprint density at radius 1 is 1.30 bits per heavy atom. The minimum absolute atomic E-state index is 0.156. The third-order valence-corrected chi connectivity index (χ3v) is 4.20. The fourth-order valence-electron chi connectivity index (χ4n) is 3.02. The molecule has 0 aliphatic carbocycles. The number of benzene rings is 1. The predicted octanol–water partition coefficient (Wildman–Crippen LogP) is 2.40. The average Bonchev–Trinajstić information content (AvgIpc) is 3.31. The highest BCUT2D eigenvalue weighted by molar-refractivity contribution is 6.03. The Labute approximate surface area is 151 Å². The molecule has 3 aromatic heterocycles. The van der Waals surface area contributed by atoms with Crippen LogP contribution >= 0.6 is 0 Å². The lowest BCUT2D eigenvalue weighted by Crippen LogP contribution is -2.19. The van der Waals surface area contributed by atoms with E-state index in [-0.39, 0.29) is 5.76 Å². The van der Waals surface area contributed by atoms with Crippen molar-refractivity contribution in [2.24, 2.45) is 12.1 Å².